The van der Waals surface area contributed by atoms with Crippen molar-refractivity contribution in [3.05, 3.63) is 0 Å². The number of rotatable bonds is 48. The fourth-order valence-corrected chi connectivity index (χ4v) is 14.2. The Hall–Kier alpha value is -7.25. The third kappa shape index (κ3) is 37.6. The van der Waals surface area contributed by atoms with Gasteiger partial charge >= 0.3 is 0 Å². The van der Waals surface area contributed by atoms with Crippen LogP contribution in [0.1, 0.15) is 267 Å². The topological polar surface area (TPSA) is 612 Å². The van der Waals surface area contributed by atoms with Crippen LogP contribution in [-0.4, -0.2) is 301 Å². The first-order valence-electron chi connectivity index (χ1n) is 45.7. The molecule has 3 heterocycles. The number of carbonyl (C=O) groups is 13. The predicted octanol–water partition coefficient (Wildman–Crippen LogP) is -0.0171. The summed E-state index contributed by atoms with van der Waals surface area (Å²) in [6, 6.07) is -12.4. The van der Waals surface area contributed by atoms with Crippen LogP contribution in [0.3, 0.4) is 0 Å². The normalized spacial score (nSPS) is 23.6. The van der Waals surface area contributed by atoms with Gasteiger partial charge in [0.1, 0.15) is 65.6 Å². The molecule has 0 bridgehead atoms. The molecule has 0 saturated carbocycles. The van der Waals surface area contributed by atoms with E-state index in [0.717, 1.165) is 0 Å². The van der Waals surface area contributed by atoms with Gasteiger partial charge in [-0.25, -0.2) is 0 Å². The molecule has 3 saturated heterocycles. The van der Waals surface area contributed by atoms with Gasteiger partial charge in [-0.05, 0) is 158 Å². The summed E-state index contributed by atoms with van der Waals surface area (Å²) >= 11 is 0. The molecule has 3 aliphatic heterocycles. The van der Waals surface area contributed by atoms with Gasteiger partial charge in [0.25, 0.3) is 0 Å². The summed E-state index contributed by atoms with van der Waals surface area (Å²) in [7, 11) is 3.08. The van der Waals surface area contributed by atoms with E-state index in [4.69, 9.17) is 35.5 Å². The zero-order valence-electron chi connectivity index (χ0n) is 83.9. The number of morpholine rings is 1. The lowest BCUT2D eigenvalue weighted by Gasteiger charge is -2.55. The maximum atomic E-state index is 14.0. The molecule has 752 valence electrons. The molecule has 0 spiro atoms. The minimum Gasteiger partial charge on any atom is -0.825 e. The van der Waals surface area contributed by atoms with Crippen molar-refractivity contribution in [1.82, 2.24) is 68.3 Å². The van der Waals surface area contributed by atoms with E-state index in [1.807, 2.05) is 111 Å². The molecule has 3 rings (SSSR count). The van der Waals surface area contributed by atoms with Gasteiger partial charge in [0.05, 0.1) is 68.0 Å². The number of nitrogens with two attached hydrogens (primary N) is 2. The smallest absolute Gasteiger partial charge is 0.245 e. The second-order valence-electron chi connectivity index (χ2n) is 38.7. The van der Waals surface area contributed by atoms with Gasteiger partial charge in [-0.1, -0.05) is 136 Å². The van der Waals surface area contributed by atoms with E-state index in [0.29, 0.717) is 38.5 Å². The molecule has 22 N–H and O–H groups in total. The minimum absolute atomic E-state index is 0. The lowest BCUT2D eigenvalue weighted by atomic mass is 9.79. The number of hydrogen-bond acceptors (Lipinski definition) is 26. The number of aliphatic hydroxyl groups is 5. The van der Waals surface area contributed by atoms with Crippen LogP contribution >= 0.6 is 0 Å². The number of aliphatic hydroxyl groups excluding tert-OH is 4. The average molecular weight is 1850 g/mol. The number of hydrogen-bond donors (Lipinski definition) is 18. The first-order chi connectivity index (χ1) is 58.7. The standard InChI is InChI=1S/C35H66N6O9.C28H50N4O7.C20H38N3O5.C7H16N2O2.H2O/c1-14-20(7)26(38-33(48)29(21(8)15-2)41(13)24(11)44)30(45)39-27(22(9)43)31(46)37-25(16-18(3)4)35(49)34(12,17-42)40-28(23(10)50-35)32(47)36-19(5)6;1-11-16(5)21(30-27(38)23(17(6)12-2)32(10)19(8)34)25(36)31-22(18(7)33)26(37)29-20(13-15(3)4)24(35)28(9)14-39-28;1-11(2)9-15(23-17(24)12(3)4)20(26,19(8)10-27-19)28-14(7)16(21)18(25)22-13(5)6;1-4(2)9-7(11)6(8)5(3)10;/h18-23,25-29,40,42-43,49H,14-17H2,1-13H3,(H,36,47)(H,37,46)(H,38,48)(H,39,45);15-18,20-23,33H,11-14H2,1-10H3,(H,29,37)(H,30,38)(H,31,36);11-16H,9-10,21H2,1-8H3,(H,22,25)(H,23,24);4-6,10H,8H2,1-3H3,(H,9,11);1H2/q;;-1;;/t20?,21?,22?,23-,25+,26+,27+,28?,29+,34+,35-;16?,17?,18?,20-,21-,22-,23-,28+;14?,15-,16-,19+,20+;;/m100../s1. The zero-order valence-corrected chi connectivity index (χ0v) is 83.9. The van der Waals surface area contributed by atoms with Gasteiger partial charge in [-0.3, -0.25) is 67.6 Å². The highest BCUT2D eigenvalue weighted by Gasteiger charge is 2.61. The Labute approximate surface area is 767 Å². The number of likely N-dealkylation sites (N-methyl/N-ethyl adjacent to an activating group) is 2. The summed E-state index contributed by atoms with van der Waals surface area (Å²) in [4.78, 5) is 170. The summed E-state index contributed by atoms with van der Waals surface area (Å²) in [6.45, 7) is 55.5. The van der Waals surface area contributed by atoms with E-state index in [1.165, 1.54) is 58.4 Å². The zero-order chi connectivity index (χ0) is 100. The highest BCUT2D eigenvalue weighted by Crippen LogP contribution is 2.42. The number of nitrogens with one attached hydrogen (secondary N) is 11. The van der Waals surface area contributed by atoms with Crippen molar-refractivity contribution >= 4 is 76.7 Å². The Morgan fingerprint density at radius 1 is 0.488 bits per heavy atom. The van der Waals surface area contributed by atoms with Gasteiger partial charge in [0.2, 0.25) is 76.7 Å². The number of Topliss-reactive ketones (excluding diaryl/α,β-unsaturated/α-hetero) is 1. The molecule has 0 aromatic heterocycles. The van der Waals surface area contributed by atoms with Crippen molar-refractivity contribution in [3.8, 4) is 0 Å². The van der Waals surface area contributed by atoms with Gasteiger partial charge in [-0.15, -0.1) is 0 Å². The molecule has 0 aromatic rings. The molecule has 3 aliphatic rings. The summed E-state index contributed by atoms with van der Waals surface area (Å²) < 4.78 is 22.7. The highest BCUT2D eigenvalue weighted by molar-refractivity contribution is 5.99. The first kappa shape index (κ1) is 124. The summed E-state index contributed by atoms with van der Waals surface area (Å²) in [5.74, 6) is -11.6. The molecule has 0 aromatic carbocycles. The Balaban J connectivity index is 0. The molecule has 39 heteroatoms. The average Bonchev–Trinajstić information content (AvgIpc) is 1.36. The molecule has 39 nitrogen and oxygen atoms in total. The van der Waals surface area contributed by atoms with Gasteiger partial charge < -0.3 is 129 Å². The maximum absolute atomic E-state index is 14.0. The predicted molar refractivity (Wildman–Crippen MR) is 488 cm³/mol. The Morgan fingerprint density at radius 3 is 1.17 bits per heavy atom. The van der Waals surface area contributed by atoms with E-state index >= 15 is 0 Å². The first-order valence-corrected chi connectivity index (χ1v) is 45.7. The van der Waals surface area contributed by atoms with Crippen LogP contribution in [-0.2, 0) is 81.3 Å². The van der Waals surface area contributed by atoms with Crippen LogP contribution in [0.25, 0.3) is 0 Å². The second kappa shape index (κ2) is 55.4. The quantitative estimate of drug-likeness (QED) is 0.0281. The lowest BCUT2D eigenvalue weighted by molar-refractivity contribution is -0.582. The van der Waals surface area contributed by atoms with Crippen molar-refractivity contribution in [2.24, 2.45) is 58.8 Å². The fourth-order valence-electron chi connectivity index (χ4n) is 14.2. The number of nitrogens with zero attached hydrogens (tertiary/aromatic N) is 2. The van der Waals surface area contributed by atoms with Crippen molar-refractivity contribution < 1.29 is 117 Å². The number of ketones is 1. The van der Waals surface area contributed by atoms with Gasteiger partial charge in [-0.2, -0.15) is 0 Å². The van der Waals surface area contributed by atoms with E-state index in [1.54, 1.807) is 76.3 Å². The number of carbonyl (C=O) groups excluding carboxylic acids is 13. The van der Waals surface area contributed by atoms with Crippen LogP contribution in [0.5, 0.6) is 0 Å². The highest BCUT2D eigenvalue weighted by atomic mass is 16.7. The molecule has 3 fully saturated rings. The van der Waals surface area contributed by atoms with Crippen LogP contribution in [0, 0.1) is 47.3 Å². The third-order valence-corrected chi connectivity index (χ3v) is 23.7. The van der Waals surface area contributed by atoms with E-state index in [9.17, 15) is 87.9 Å². The molecule has 0 radical (unpaired) electrons. The van der Waals surface area contributed by atoms with Gasteiger partial charge in [0, 0.05) is 63.8 Å². The monoisotopic (exact) mass is 1850 g/mol. The molecule has 129 heavy (non-hydrogen) atoms. The van der Waals surface area contributed by atoms with Crippen LogP contribution < -0.4 is 75.1 Å². The maximum Gasteiger partial charge on any atom is 0.245 e. The Morgan fingerprint density at radius 2 is 0.853 bits per heavy atom. The summed E-state index contributed by atoms with van der Waals surface area (Å²) in [5.41, 5.74) is 7.69. The largest absolute Gasteiger partial charge is 0.825 e. The van der Waals surface area contributed by atoms with Crippen molar-refractivity contribution in [1.29, 1.82) is 0 Å². The van der Waals surface area contributed by atoms with Crippen molar-refractivity contribution in [2.45, 2.75) is 416 Å². The van der Waals surface area contributed by atoms with Crippen LogP contribution in [0.4, 0.5) is 0 Å². The molecule has 0 aliphatic carbocycles. The number of ether oxygens (including phenoxy) is 4. The van der Waals surface area contributed by atoms with Gasteiger partial charge in [0.15, 0.2) is 5.78 Å². The molecular formula is C90H172N15O24-. The van der Waals surface area contributed by atoms with Crippen LogP contribution in [0.2, 0.25) is 0 Å². The van der Waals surface area contributed by atoms with E-state index in [2.05, 4.69) is 58.5 Å². The summed E-state index contributed by atoms with van der Waals surface area (Å²) in [5, 5.41) is 97.0. The van der Waals surface area contributed by atoms with E-state index < -0.39 is 179 Å². The second-order valence-corrected chi connectivity index (χ2v) is 38.7. The Bertz CT molecular complexity index is 3550. The molecular weight excluding hydrogens is 1680 g/mol. The Kier molecular flexibility index (Phi) is 53.2. The number of amides is 12. The molecule has 26 atom stereocenters. The van der Waals surface area contributed by atoms with Crippen LogP contribution in [0.15, 0.2) is 0 Å². The fraction of sp³-hybridized carbons (Fsp3) is 0.856. The number of epoxide rings is 2. The summed E-state index contributed by atoms with van der Waals surface area (Å²) in [6.07, 6.45) is -2.01. The molecule has 10 unspecified atom stereocenters. The van der Waals surface area contributed by atoms with E-state index in [-0.39, 0.29) is 126 Å². The molecule has 12 amide bonds. The van der Waals surface area contributed by atoms with Crippen molar-refractivity contribution in [2.75, 3.05) is 33.9 Å². The SMILES string of the molecule is CC(C)C[C@H](NC(=O)C(C)C)[C@@]([O-])(OC(C)[C@H](N)C(=O)NC(C)C)[C@@]1(C)CO1.CC(C)NC(=O)C(N)C(C)O.CCC(C)[C@H](NC(=O)[C@H](C(C)CC)N(C)C(C)=O)C(=O)N[C@H](C(=O)N[C@@H](CC(C)C)C(=O)[C@@]1(C)CO1)C(C)O.CCC(C)[C@H](NC(=O)[C@H](C(C)CC)N(C)C(C)=O)C(=O)N[C@H](C(=O)N[C@@H](CC(C)C)[C@@]1(O)O[C@H](C)C(C(=O)NC(C)C)N[C@@]1(C)CO)C(C)O.O. The lowest BCUT2D eigenvalue weighted by Crippen LogP contribution is -2.80. The minimum atomic E-state index is -2.25. The third-order valence-electron chi connectivity index (χ3n) is 23.7. The van der Waals surface area contributed by atoms with Crippen molar-refractivity contribution in [3.63, 3.8) is 0 Å².